The second-order valence-electron chi connectivity index (χ2n) is 13.5. The highest BCUT2D eigenvalue weighted by molar-refractivity contribution is 4.93. The number of ether oxygens (including phenoxy) is 2. The fraction of sp³-hybridized carbons (Fsp3) is 0.810. The minimum Gasteiger partial charge on any atom is -0.375 e. The van der Waals surface area contributed by atoms with Crippen LogP contribution >= 0.6 is 0 Å². The molecule has 0 amide bonds. The highest BCUT2D eigenvalue weighted by atomic mass is 16.5. The van der Waals surface area contributed by atoms with Crippen LogP contribution in [0.2, 0.25) is 0 Å². The van der Waals surface area contributed by atoms with Crippen LogP contribution in [0.5, 0.6) is 0 Å². The largest absolute Gasteiger partial charge is 0.375 e. The van der Waals surface area contributed by atoms with Crippen molar-refractivity contribution in [1.29, 1.82) is 0 Å². The molecule has 1 fully saturated rings. The molecule has 0 bridgehead atoms. The molecule has 1 heterocycles. The first-order valence-corrected chi connectivity index (χ1v) is 19.8. The van der Waals surface area contributed by atoms with Gasteiger partial charge in [-0.2, -0.15) is 0 Å². The summed E-state index contributed by atoms with van der Waals surface area (Å²) in [6.07, 6.45) is 51.3. The number of likely N-dealkylation sites (tertiary alicyclic amines) is 1. The molecule has 0 radical (unpaired) electrons. The van der Waals surface area contributed by atoms with Crippen LogP contribution in [0.15, 0.2) is 48.6 Å². The van der Waals surface area contributed by atoms with E-state index >= 15 is 0 Å². The van der Waals surface area contributed by atoms with Gasteiger partial charge in [-0.1, -0.05) is 140 Å². The van der Waals surface area contributed by atoms with Gasteiger partial charge in [0.2, 0.25) is 0 Å². The van der Waals surface area contributed by atoms with E-state index in [-0.39, 0.29) is 12.2 Å². The van der Waals surface area contributed by atoms with Gasteiger partial charge < -0.3 is 14.4 Å². The molecule has 0 aromatic carbocycles. The van der Waals surface area contributed by atoms with Crippen molar-refractivity contribution in [2.75, 3.05) is 33.4 Å². The number of hydrogen-bond acceptors (Lipinski definition) is 3. The summed E-state index contributed by atoms with van der Waals surface area (Å²) in [6.45, 7) is 8.45. The molecule has 0 aromatic heterocycles. The monoisotopic (exact) mass is 628 g/mol. The number of allylic oxidation sites excluding steroid dienone is 8. The summed E-state index contributed by atoms with van der Waals surface area (Å²) >= 11 is 0. The summed E-state index contributed by atoms with van der Waals surface area (Å²) in [5, 5.41) is 0. The topological polar surface area (TPSA) is 21.7 Å². The normalized spacial score (nSPS) is 18.1. The van der Waals surface area contributed by atoms with E-state index in [1.165, 1.54) is 141 Å². The Bertz CT molecular complexity index is 711. The number of rotatable bonds is 32. The lowest BCUT2D eigenvalue weighted by molar-refractivity contribution is -0.106. The molecule has 1 saturated heterocycles. The Morgan fingerprint density at radius 1 is 0.467 bits per heavy atom. The van der Waals surface area contributed by atoms with E-state index in [9.17, 15) is 0 Å². The number of nitrogens with zero attached hydrogens (tertiary/aromatic N) is 1. The molecule has 0 spiro atoms. The zero-order valence-electron chi connectivity index (χ0n) is 30.5. The third-order valence-corrected chi connectivity index (χ3v) is 9.06. The minimum absolute atomic E-state index is 0.242. The molecular weight excluding hydrogens is 550 g/mol. The van der Waals surface area contributed by atoms with Crippen molar-refractivity contribution < 1.29 is 9.47 Å². The van der Waals surface area contributed by atoms with Gasteiger partial charge in [0.15, 0.2) is 0 Å². The van der Waals surface area contributed by atoms with Crippen molar-refractivity contribution in [3.05, 3.63) is 48.6 Å². The Balaban J connectivity index is 1.95. The van der Waals surface area contributed by atoms with Gasteiger partial charge in [-0.25, -0.2) is 0 Å². The molecule has 0 saturated carbocycles. The van der Waals surface area contributed by atoms with Crippen molar-refractivity contribution >= 4 is 0 Å². The van der Waals surface area contributed by atoms with Crippen LogP contribution in [0, 0.1) is 0 Å². The quantitative estimate of drug-likeness (QED) is 0.0547. The lowest BCUT2D eigenvalue weighted by Crippen LogP contribution is -2.47. The van der Waals surface area contributed by atoms with Crippen LogP contribution in [-0.2, 0) is 9.47 Å². The molecule has 0 N–H and O–H groups in total. The van der Waals surface area contributed by atoms with E-state index < -0.39 is 0 Å². The third kappa shape index (κ3) is 28.8. The Morgan fingerprint density at radius 2 is 0.844 bits per heavy atom. The van der Waals surface area contributed by atoms with E-state index in [2.05, 4.69) is 74.4 Å². The Kier molecular flexibility index (Phi) is 31.8. The molecule has 262 valence electrons. The van der Waals surface area contributed by atoms with Crippen LogP contribution in [0.1, 0.15) is 174 Å². The molecule has 3 heteroatoms. The number of hydrogen-bond donors (Lipinski definition) is 0. The van der Waals surface area contributed by atoms with Gasteiger partial charge in [-0.15, -0.1) is 0 Å². The van der Waals surface area contributed by atoms with Crippen LogP contribution in [0.4, 0.5) is 0 Å². The van der Waals surface area contributed by atoms with E-state index in [0.29, 0.717) is 0 Å². The highest BCUT2D eigenvalue weighted by Crippen LogP contribution is 2.18. The van der Waals surface area contributed by atoms with Gasteiger partial charge in [0.1, 0.15) is 0 Å². The van der Waals surface area contributed by atoms with Crippen molar-refractivity contribution in [1.82, 2.24) is 4.90 Å². The van der Waals surface area contributed by atoms with Crippen molar-refractivity contribution in [2.24, 2.45) is 0 Å². The van der Waals surface area contributed by atoms with E-state index in [0.717, 1.165) is 45.6 Å². The SMILES string of the molecule is CCCCC/C=C\C/C=C\CCCCCCCCO[C@@H]1CCN(C)C[C@H]1OCCCCCCCC/C=C\C/C=C\CCCCC. The lowest BCUT2D eigenvalue weighted by atomic mass is 10.0. The predicted octanol–water partition coefficient (Wildman–Crippen LogP) is 12.7. The fourth-order valence-electron chi connectivity index (χ4n) is 6.05. The smallest absolute Gasteiger partial charge is 0.0963 e. The van der Waals surface area contributed by atoms with Gasteiger partial charge >= 0.3 is 0 Å². The van der Waals surface area contributed by atoms with Crippen molar-refractivity contribution in [3.8, 4) is 0 Å². The number of likely N-dealkylation sites (N-methyl/N-ethyl adjacent to an activating group) is 1. The summed E-state index contributed by atoms with van der Waals surface area (Å²) in [7, 11) is 2.22. The molecule has 1 aliphatic heterocycles. The summed E-state index contributed by atoms with van der Waals surface area (Å²) in [5.41, 5.74) is 0. The van der Waals surface area contributed by atoms with Gasteiger partial charge in [-0.3, -0.25) is 0 Å². The van der Waals surface area contributed by atoms with Crippen molar-refractivity contribution in [2.45, 2.75) is 187 Å². The standard InChI is InChI=1S/C42H77NO2/c1-4-6-8-10-12-14-16-18-20-22-24-26-28-30-32-34-38-44-41-36-37-43(3)40-42(41)45-39-35-33-31-29-27-25-23-21-19-17-15-13-11-9-7-5-2/h12-15,18-21,41-42H,4-11,16-17,22-40H2,1-3H3/b14-12-,15-13-,20-18-,21-19-/t41-,42-/m1/s1. The Hall–Kier alpha value is -1.16. The minimum atomic E-state index is 0.242. The summed E-state index contributed by atoms with van der Waals surface area (Å²) in [5.74, 6) is 0. The molecule has 1 rings (SSSR count). The zero-order chi connectivity index (χ0) is 32.3. The first-order chi connectivity index (χ1) is 22.3. The number of piperidine rings is 1. The molecule has 0 aliphatic carbocycles. The maximum Gasteiger partial charge on any atom is 0.0963 e. The summed E-state index contributed by atoms with van der Waals surface area (Å²) in [4.78, 5) is 2.41. The van der Waals surface area contributed by atoms with Crippen LogP contribution < -0.4 is 0 Å². The maximum atomic E-state index is 6.38. The average Bonchev–Trinajstić information content (AvgIpc) is 3.04. The summed E-state index contributed by atoms with van der Waals surface area (Å²) < 4.78 is 12.7. The van der Waals surface area contributed by atoms with Crippen LogP contribution in [0.25, 0.3) is 0 Å². The second kappa shape index (κ2) is 34.2. The first kappa shape index (κ1) is 41.9. The third-order valence-electron chi connectivity index (χ3n) is 9.06. The number of unbranched alkanes of at least 4 members (excludes halogenated alkanes) is 18. The molecule has 3 nitrogen and oxygen atoms in total. The average molecular weight is 628 g/mol. The van der Waals surface area contributed by atoms with Gasteiger partial charge in [-0.05, 0) is 90.5 Å². The molecule has 2 atom stereocenters. The molecular formula is C42H77NO2. The van der Waals surface area contributed by atoms with Gasteiger partial charge in [0.25, 0.3) is 0 Å². The molecule has 0 aromatic rings. The highest BCUT2D eigenvalue weighted by Gasteiger charge is 2.28. The Morgan fingerprint density at radius 3 is 1.29 bits per heavy atom. The van der Waals surface area contributed by atoms with Gasteiger partial charge in [0.05, 0.1) is 12.2 Å². The first-order valence-electron chi connectivity index (χ1n) is 19.8. The van der Waals surface area contributed by atoms with Crippen LogP contribution in [0.3, 0.4) is 0 Å². The maximum absolute atomic E-state index is 6.38. The zero-order valence-corrected chi connectivity index (χ0v) is 30.5. The van der Waals surface area contributed by atoms with E-state index in [1.807, 2.05) is 0 Å². The second-order valence-corrected chi connectivity index (χ2v) is 13.5. The Labute approximate surface area is 282 Å². The molecule has 45 heavy (non-hydrogen) atoms. The summed E-state index contributed by atoms with van der Waals surface area (Å²) in [6, 6.07) is 0. The fourth-order valence-corrected chi connectivity index (χ4v) is 6.05. The molecule has 0 unspecified atom stereocenters. The predicted molar refractivity (Wildman–Crippen MR) is 200 cm³/mol. The van der Waals surface area contributed by atoms with Gasteiger partial charge in [0, 0.05) is 26.3 Å². The van der Waals surface area contributed by atoms with Crippen LogP contribution in [-0.4, -0.2) is 50.5 Å². The van der Waals surface area contributed by atoms with E-state index in [4.69, 9.17) is 9.47 Å². The van der Waals surface area contributed by atoms with E-state index in [1.54, 1.807) is 0 Å². The van der Waals surface area contributed by atoms with Crippen molar-refractivity contribution in [3.63, 3.8) is 0 Å². The lowest BCUT2D eigenvalue weighted by Gasteiger charge is -2.36. The molecule has 1 aliphatic rings.